The second kappa shape index (κ2) is 18.3. The number of carbonyl (C=O) groups is 2. The van der Waals surface area contributed by atoms with Crippen molar-refractivity contribution in [3.8, 4) is 0 Å². The molecule has 6 N–H and O–H groups in total. The van der Waals surface area contributed by atoms with Gasteiger partial charge in [-0.15, -0.1) is 0 Å². The standard InChI is InChI=1S/C22H41NO7/c1-2-3-4-5-6-7-8-9-10-11-12-13-14-15-16-23-21(28)19(26)17(24)18(25)20(27)22(29)30/h15-20,24-27H,2-14H2,1H3,(H,23,28)(H,29,30)/t17-,18-,19+,20-/m1/s1. The maximum absolute atomic E-state index is 11.7. The van der Waals surface area contributed by atoms with E-state index in [-0.39, 0.29) is 0 Å². The van der Waals surface area contributed by atoms with Gasteiger partial charge >= 0.3 is 5.97 Å². The van der Waals surface area contributed by atoms with Crippen LogP contribution in [0, 0.1) is 0 Å². The summed E-state index contributed by atoms with van der Waals surface area (Å²) in [5, 5.41) is 48.6. The number of aliphatic hydroxyl groups excluding tert-OH is 4. The Kier molecular flexibility index (Phi) is 17.4. The topological polar surface area (TPSA) is 147 Å². The van der Waals surface area contributed by atoms with Gasteiger partial charge < -0.3 is 30.8 Å². The van der Waals surface area contributed by atoms with Crippen molar-refractivity contribution >= 4 is 11.9 Å². The molecule has 1 amide bonds. The van der Waals surface area contributed by atoms with Crippen molar-refractivity contribution in [1.29, 1.82) is 0 Å². The Morgan fingerprint density at radius 2 is 1.17 bits per heavy atom. The molecule has 8 heteroatoms. The van der Waals surface area contributed by atoms with Crippen LogP contribution < -0.4 is 5.32 Å². The van der Waals surface area contributed by atoms with Crippen molar-refractivity contribution < 1.29 is 35.1 Å². The Labute approximate surface area is 180 Å². The third-order valence-electron chi connectivity index (χ3n) is 5.09. The third-order valence-corrected chi connectivity index (χ3v) is 5.09. The highest BCUT2D eigenvalue weighted by Gasteiger charge is 2.37. The summed E-state index contributed by atoms with van der Waals surface area (Å²) in [6.45, 7) is 2.23. The maximum atomic E-state index is 11.7. The first-order valence-electron chi connectivity index (χ1n) is 11.2. The Morgan fingerprint density at radius 1 is 0.733 bits per heavy atom. The van der Waals surface area contributed by atoms with E-state index in [4.69, 9.17) is 10.2 Å². The lowest BCUT2D eigenvalue weighted by Crippen LogP contribution is -2.52. The van der Waals surface area contributed by atoms with Gasteiger partial charge in [0.25, 0.3) is 5.91 Å². The number of rotatable bonds is 19. The highest BCUT2D eigenvalue weighted by molar-refractivity contribution is 5.82. The highest BCUT2D eigenvalue weighted by Crippen LogP contribution is 2.12. The van der Waals surface area contributed by atoms with E-state index < -0.39 is 36.3 Å². The molecule has 4 atom stereocenters. The molecule has 0 bridgehead atoms. The van der Waals surface area contributed by atoms with Crippen molar-refractivity contribution in [3.63, 3.8) is 0 Å². The molecule has 0 saturated carbocycles. The molecule has 0 aromatic rings. The number of aliphatic hydroxyl groups is 4. The number of hydrogen-bond donors (Lipinski definition) is 6. The number of unbranched alkanes of at least 4 members (excludes halogenated alkanes) is 12. The number of carbonyl (C=O) groups excluding carboxylic acids is 1. The fourth-order valence-corrected chi connectivity index (χ4v) is 3.09. The van der Waals surface area contributed by atoms with Gasteiger partial charge in [0.2, 0.25) is 0 Å². The second-order valence-corrected chi connectivity index (χ2v) is 7.80. The van der Waals surface area contributed by atoms with Crippen LogP contribution in [-0.4, -0.2) is 61.8 Å². The van der Waals surface area contributed by atoms with Crippen molar-refractivity contribution in [2.24, 2.45) is 0 Å². The van der Waals surface area contributed by atoms with Gasteiger partial charge in [-0.2, -0.15) is 0 Å². The largest absolute Gasteiger partial charge is 0.479 e. The number of aliphatic carboxylic acids is 1. The predicted octanol–water partition coefficient (Wildman–Crippen LogP) is 2.24. The Morgan fingerprint density at radius 3 is 1.63 bits per heavy atom. The van der Waals surface area contributed by atoms with Crippen LogP contribution in [0.15, 0.2) is 12.3 Å². The van der Waals surface area contributed by atoms with Crippen LogP contribution in [0.25, 0.3) is 0 Å². The molecule has 0 aliphatic carbocycles. The van der Waals surface area contributed by atoms with Crippen LogP contribution in [0.3, 0.4) is 0 Å². The molecule has 176 valence electrons. The van der Waals surface area contributed by atoms with E-state index in [0.29, 0.717) is 0 Å². The SMILES string of the molecule is CCCCCCCCCCCCCCC=CNC(=O)[C@@H](O)[C@H](O)[C@@H](O)[C@@H](O)C(=O)O. The first kappa shape index (κ1) is 28.5. The third kappa shape index (κ3) is 13.7. The molecule has 0 spiro atoms. The Bertz CT molecular complexity index is 484. The zero-order chi connectivity index (χ0) is 22.8. The lowest BCUT2D eigenvalue weighted by Gasteiger charge is -2.23. The van der Waals surface area contributed by atoms with Gasteiger partial charge in [0.15, 0.2) is 12.2 Å². The molecular formula is C22H41NO7. The number of hydrogen-bond acceptors (Lipinski definition) is 6. The lowest BCUT2D eigenvalue weighted by atomic mass is 10.0. The molecule has 8 nitrogen and oxygen atoms in total. The summed E-state index contributed by atoms with van der Waals surface area (Å²) in [4.78, 5) is 22.3. The van der Waals surface area contributed by atoms with E-state index in [0.717, 1.165) is 19.3 Å². The zero-order valence-electron chi connectivity index (χ0n) is 18.2. The molecule has 0 heterocycles. The summed E-state index contributed by atoms with van der Waals surface area (Å²) < 4.78 is 0. The summed E-state index contributed by atoms with van der Waals surface area (Å²) in [6.07, 6.45) is 10.3. The van der Waals surface area contributed by atoms with E-state index in [1.54, 1.807) is 6.08 Å². The molecule has 0 fully saturated rings. The minimum Gasteiger partial charge on any atom is -0.479 e. The molecule has 0 aliphatic rings. The highest BCUT2D eigenvalue weighted by atomic mass is 16.4. The van der Waals surface area contributed by atoms with Crippen LogP contribution in [-0.2, 0) is 9.59 Å². The molecule has 0 aliphatic heterocycles. The molecule has 0 saturated heterocycles. The molecule has 0 radical (unpaired) electrons. The van der Waals surface area contributed by atoms with Crippen LogP contribution in [0.2, 0.25) is 0 Å². The smallest absolute Gasteiger partial charge is 0.335 e. The van der Waals surface area contributed by atoms with Crippen molar-refractivity contribution in [2.45, 2.75) is 115 Å². The molecule has 0 unspecified atom stereocenters. The van der Waals surface area contributed by atoms with Crippen LogP contribution in [0.1, 0.15) is 90.4 Å². The molecule has 0 rings (SSSR count). The quantitative estimate of drug-likeness (QED) is 0.172. The minimum atomic E-state index is -2.30. The van der Waals surface area contributed by atoms with Crippen LogP contribution in [0.5, 0.6) is 0 Å². The summed E-state index contributed by atoms with van der Waals surface area (Å²) in [7, 11) is 0. The van der Waals surface area contributed by atoms with Gasteiger partial charge in [-0.05, 0) is 19.0 Å². The summed E-state index contributed by atoms with van der Waals surface area (Å²) in [6, 6.07) is 0. The number of allylic oxidation sites excluding steroid dienone is 1. The average Bonchev–Trinajstić information content (AvgIpc) is 2.73. The fourth-order valence-electron chi connectivity index (χ4n) is 3.09. The monoisotopic (exact) mass is 431 g/mol. The number of amides is 1. The molecule has 0 aromatic heterocycles. The minimum absolute atomic E-state index is 0.761. The normalized spacial score (nSPS) is 15.6. The van der Waals surface area contributed by atoms with Crippen LogP contribution >= 0.6 is 0 Å². The van der Waals surface area contributed by atoms with E-state index in [9.17, 15) is 24.9 Å². The van der Waals surface area contributed by atoms with E-state index in [2.05, 4.69) is 12.2 Å². The first-order chi connectivity index (χ1) is 14.3. The van der Waals surface area contributed by atoms with Crippen molar-refractivity contribution in [1.82, 2.24) is 5.32 Å². The second-order valence-electron chi connectivity index (χ2n) is 7.80. The Balaban J connectivity index is 3.71. The summed E-state index contributed by atoms with van der Waals surface area (Å²) >= 11 is 0. The van der Waals surface area contributed by atoms with Gasteiger partial charge in [-0.3, -0.25) is 4.79 Å². The number of carboxylic acid groups (broad SMARTS) is 1. The first-order valence-corrected chi connectivity index (χ1v) is 11.2. The van der Waals surface area contributed by atoms with Gasteiger partial charge in [0.1, 0.15) is 12.2 Å². The van der Waals surface area contributed by atoms with Crippen LogP contribution in [0.4, 0.5) is 0 Å². The van der Waals surface area contributed by atoms with Gasteiger partial charge in [0, 0.05) is 0 Å². The van der Waals surface area contributed by atoms with Gasteiger partial charge in [-0.25, -0.2) is 4.79 Å². The average molecular weight is 432 g/mol. The van der Waals surface area contributed by atoms with Crippen molar-refractivity contribution in [2.75, 3.05) is 0 Å². The molecular weight excluding hydrogens is 390 g/mol. The lowest BCUT2D eigenvalue weighted by molar-refractivity contribution is -0.166. The predicted molar refractivity (Wildman–Crippen MR) is 115 cm³/mol. The Hall–Kier alpha value is -1.48. The summed E-state index contributed by atoms with van der Waals surface area (Å²) in [5.74, 6) is -2.76. The zero-order valence-corrected chi connectivity index (χ0v) is 18.2. The van der Waals surface area contributed by atoms with Crippen molar-refractivity contribution in [3.05, 3.63) is 12.3 Å². The fraction of sp³-hybridized carbons (Fsp3) is 0.818. The maximum Gasteiger partial charge on any atom is 0.335 e. The molecule has 0 aromatic carbocycles. The van der Waals surface area contributed by atoms with Gasteiger partial charge in [-0.1, -0.05) is 83.6 Å². The number of carboxylic acids is 1. The van der Waals surface area contributed by atoms with E-state index in [1.807, 2.05) is 0 Å². The number of nitrogens with one attached hydrogen (secondary N) is 1. The van der Waals surface area contributed by atoms with E-state index >= 15 is 0 Å². The van der Waals surface area contributed by atoms with E-state index in [1.165, 1.54) is 70.4 Å². The molecule has 30 heavy (non-hydrogen) atoms. The summed E-state index contributed by atoms with van der Waals surface area (Å²) in [5.41, 5.74) is 0. The van der Waals surface area contributed by atoms with Gasteiger partial charge in [0.05, 0.1) is 0 Å².